The van der Waals surface area contributed by atoms with Gasteiger partial charge in [-0.2, -0.15) is 0 Å². The van der Waals surface area contributed by atoms with E-state index in [1.807, 2.05) is 0 Å². The zero-order valence-electron chi connectivity index (χ0n) is 5.33. The first-order valence-corrected chi connectivity index (χ1v) is 3.56. The number of rotatable bonds is 1. The first-order chi connectivity index (χ1) is 4.40. The van der Waals surface area contributed by atoms with Crippen molar-refractivity contribution in [3.8, 4) is 0 Å². The lowest BCUT2D eigenvalue weighted by molar-refractivity contribution is 0.547. The SMILES string of the molecule is O[B]C1CC2C=CC1C2. The average molecular weight is 121 g/mol. The number of allylic oxidation sites excluding steroid dienone is 2. The van der Waals surface area contributed by atoms with Crippen LogP contribution < -0.4 is 0 Å². The summed E-state index contributed by atoms with van der Waals surface area (Å²) < 4.78 is 0. The maximum Gasteiger partial charge on any atom is 0.291 e. The lowest BCUT2D eigenvalue weighted by atomic mass is 9.72. The van der Waals surface area contributed by atoms with Crippen molar-refractivity contribution in [2.75, 3.05) is 0 Å². The van der Waals surface area contributed by atoms with E-state index in [0.29, 0.717) is 11.7 Å². The Kier molecular flexibility index (Phi) is 1.15. The van der Waals surface area contributed by atoms with E-state index in [9.17, 15) is 0 Å². The van der Waals surface area contributed by atoms with E-state index in [1.165, 1.54) is 20.3 Å². The third-order valence-electron chi connectivity index (χ3n) is 2.52. The molecule has 1 saturated carbocycles. The fraction of sp³-hybridized carbons (Fsp3) is 0.714. The van der Waals surface area contributed by atoms with Crippen LogP contribution in [0.4, 0.5) is 0 Å². The minimum Gasteiger partial charge on any atom is -0.454 e. The summed E-state index contributed by atoms with van der Waals surface area (Å²) in [5.41, 5.74) is 0. The summed E-state index contributed by atoms with van der Waals surface area (Å²) in [5.74, 6) is 1.92. The number of hydrogen-bond acceptors (Lipinski definition) is 1. The van der Waals surface area contributed by atoms with Crippen molar-refractivity contribution in [3.05, 3.63) is 12.2 Å². The zero-order valence-corrected chi connectivity index (χ0v) is 5.33. The standard InChI is InChI=1S/C7H10BO/c9-8-7-4-5-1-2-6(7)3-5/h1-2,5-7,9H,3-4H2. The van der Waals surface area contributed by atoms with Gasteiger partial charge < -0.3 is 5.02 Å². The highest BCUT2D eigenvalue weighted by Gasteiger charge is 2.35. The van der Waals surface area contributed by atoms with Crippen molar-refractivity contribution in [2.45, 2.75) is 18.7 Å². The Bertz CT molecular complexity index is 144. The molecule has 9 heavy (non-hydrogen) atoms. The molecule has 1 nitrogen and oxygen atoms in total. The predicted octanol–water partition coefficient (Wildman–Crippen LogP) is 0.982. The van der Waals surface area contributed by atoms with Gasteiger partial charge in [-0.05, 0) is 30.5 Å². The lowest BCUT2D eigenvalue weighted by Crippen LogP contribution is -2.07. The molecule has 1 fully saturated rings. The summed E-state index contributed by atoms with van der Waals surface area (Å²) in [6.07, 6.45) is 6.98. The minimum atomic E-state index is 0.472. The minimum absolute atomic E-state index is 0.472. The molecule has 2 heteroatoms. The van der Waals surface area contributed by atoms with Gasteiger partial charge in [-0.15, -0.1) is 0 Å². The second kappa shape index (κ2) is 1.88. The summed E-state index contributed by atoms with van der Waals surface area (Å²) in [4.78, 5) is 0. The average Bonchev–Trinajstić information content (AvgIpc) is 2.45. The normalized spacial score (nSPS) is 46.1. The van der Waals surface area contributed by atoms with Crippen molar-refractivity contribution in [2.24, 2.45) is 11.8 Å². The van der Waals surface area contributed by atoms with Crippen molar-refractivity contribution in [1.82, 2.24) is 0 Å². The highest BCUT2D eigenvalue weighted by molar-refractivity contribution is 6.28. The van der Waals surface area contributed by atoms with Crippen molar-refractivity contribution >= 4 is 7.48 Å². The van der Waals surface area contributed by atoms with Gasteiger partial charge in [-0.1, -0.05) is 12.2 Å². The first kappa shape index (κ1) is 5.54. The molecule has 1 N–H and O–H groups in total. The molecule has 0 aromatic carbocycles. The highest BCUT2D eigenvalue weighted by atomic mass is 16.2. The Balaban J connectivity index is 2.10. The maximum atomic E-state index is 8.73. The molecule has 3 atom stereocenters. The highest BCUT2D eigenvalue weighted by Crippen LogP contribution is 2.46. The second-order valence-corrected chi connectivity index (χ2v) is 3.09. The Hall–Kier alpha value is -0.235. The molecule has 2 rings (SSSR count). The summed E-state index contributed by atoms with van der Waals surface area (Å²) >= 11 is 0. The van der Waals surface area contributed by atoms with Crippen LogP contribution in [0, 0.1) is 11.8 Å². The largest absolute Gasteiger partial charge is 0.454 e. The molecule has 0 saturated heterocycles. The fourth-order valence-corrected chi connectivity index (χ4v) is 1.99. The van der Waals surface area contributed by atoms with Crippen LogP contribution in [0.3, 0.4) is 0 Å². The molecule has 0 aliphatic heterocycles. The van der Waals surface area contributed by atoms with Crippen LogP contribution in [0.1, 0.15) is 12.8 Å². The monoisotopic (exact) mass is 121 g/mol. The van der Waals surface area contributed by atoms with E-state index in [1.54, 1.807) is 0 Å². The molecule has 0 heterocycles. The van der Waals surface area contributed by atoms with E-state index in [0.717, 1.165) is 5.92 Å². The van der Waals surface area contributed by atoms with Crippen LogP contribution in [0.15, 0.2) is 12.2 Å². The van der Waals surface area contributed by atoms with E-state index in [-0.39, 0.29) is 0 Å². The van der Waals surface area contributed by atoms with E-state index in [2.05, 4.69) is 12.2 Å². The van der Waals surface area contributed by atoms with Gasteiger partial charge in [-0.3, -0.25) is 0 Å². The molecule has 0 amide bonds. The Labute approximate surface area is 56.0 Å². The van der Waals surface area contributed by atoms with E-state index < -0.39 is 0 Å². The molecular weight excluding hydrogens is 111 g/mol. The first-order valence-electron chi connectivity index (χ1n) is 3.56. The molecule has 0 spiro atoms. The summed E-state index contributed by atoms with van der Waals surface area (Å²) in [6, 6.07) is 0. The van der Waals surface area contributed by atoms with E-state index >= 15 is 0 Å². The molecule has 2 aliphatic carbocycles. The van der Waals surface area contributed by atoms with E-state index in [4.69, 9.17) is 5.02 Å². The second-order valence-electron chi connectivity index (χ2n) is 3.09. The van der Waals surface area contributed by atoms with Gasteiger partial charge in [0.15, 0.2) is 0 Å². The van der Waals surface area contributed by atoms with Gasteiger partial charge in [-0.25, -0.2) is 0 Å². The van der Waals surface area contributed by atoms with Gasteiger partial charge in [0, 0.05) is 0 Å². The van der Waals surface area contributed by atoms with Gasteiger partial charge in [0.1, 0.15) is 0 Å². The third-order valence-corrected chi connectivity index (χ3v) is 2.52. The molecule has 2 aliphatic rings. The van der Waals surface area contributed by atoms with Crippen molar-refractivity contribution < 1.29 is 5.02 Å². The number of hydrogen-bond donors (Lipinski definition) is 1. The molecule has 47 valence electrons. The van der Waals surface area contributed by atoms with Crippen LogP contribution in [-0.4, -0.2) is 12.5 Å². The number of fused-ring (bicyclic) bond motifs is 2. The smallest absolute Gasteiger partial charge is 0.291 e. The van der Waals surface area contributed by atoms with Gasteiger partial charge in [0.05, 0.1) is 0 Å². The van der Waals surface area contributed by atoms with Gasteiger partial charge >= 0.3 is 0 Å². The summed E-state index contributed by atoms with van der Waals surface area (Å²) in [7, 11) is 1.37. The maximum absolute atomic E-state index is 8.73. The predicted molar refractivity (Wildman–Crippen MR) is 37.1 cm³/mol. The summed E-state index contributed by atoms with van der Waals surface area (Å²) in [5, 5.41) is 8.73. The molecule has 0 aromatic rings. The fourth-order valence-electron chi connectivity index (χ4n) is 1.99. The Morgan fingerprint density at radius 1 is 1.33 bits per heavy atom. The molecule has 1 radical (unpaired) electrons. The zero-order chi connectivity index (χ0) is 6.27. The topological polar surface area (TPSA) is 20.2 Å². The van der Waals surface area contributed by atoms with Gasteiger partial charge in [0.2, 0.25) is 0 Å². The molecule has 0 aromatic heterocycles. The van der Waals surface area contributed by atoms with Gasteiger partial charge in [0.25, 0.3) is 7.48 Å². The molecule has 2 bridgehead atoms. The summed E-state index contributed by atoms with van der Waals surface area (Å²) in [6.45, 7) is 0. The Morgan fingerprint density at radius 2 is 2.22 bits per heavy atom. The molecule has 3 unspecified atom stereocenters. The third kappa shape index (κ3) is 0.733. The quantitative estimate of drug-likeness (QED) is 0.405. The van der Waals surface area contributed by atoms with Crippen LogP contribution in [0.5, 0.6) is 0 Å². The van der Waals surface area contributed by atoms with Crippen LogP contribution >= 0.6 is 0 Å². The Morgan fingerprint density at radius 3 is 2.56 bits per heavy atom. The van der Waals surface area contributed by atoms with Crippen LogP contribution in [0.2, 0.25) is 5.82 Å². The van der Waals surface area contributed by atoms with Crippen molar-refractivity contribution in [3.63, 3.8) is 0 Å². The van der Waals surface area contributed by atoms with Crippen LogP contribution in [0.25, 0.3) is 0 Å². The lowest BCUT2D eigenvalue weighted by Gasteiger charge is -2.11. The van der Waals surface area contributed by atoms with Crippen LogP contribution in [-0.2, 0) is 0 Å². The van der Waals surface area contributed by atoms with Crippen molar-refractivity contribution in [1.29, 1.82) is 0 Å². The molecular formula is C7H10BO.